The largest absolute Gasteiger partial charge is 0.387 e. The van der Waals surface area contributed by atoms with Crippen LogP contribution in [0.25, 0.3) is 0 Å². The number of thioether (sulfide) groups is 1. The summed E-state index contributed by atoms with van der Waals surface area (Å²) in [7, 11) is 0. The maximum absolute atomic E-state index is 12.3. The number of benzene rings is 1. The third-order valence-electron chi connectivity index (χ3n) is 3.56. The number of aliphatic hydroxyl groups is 1. The lowest BCUT2D eigenvalue weighted by Crippen LogP contribution is -2.46. The van der Waals surface area contributed by atoms with Gasteiger partial charge in [-0.25, -0.2) is 0 Å². The van der Waals surface area contributed by atoms with Crippen LogP contribution in [0, 0.1) is 6.92 Å². The van der Waals surface area contributed by atoms with E-state index in [4.69, 9.17) is 0 Å². The number of aryl methyl sites for hydroxylation is 1. The fraction of sp³-hybridized carbons (Fsp3) is 0.533. The Bertz CT molecular complexity index is 449. The van der Waals surface area contributed by atoms with Crippen molar-refractivity contribution in [1.82, 2.24) is 10.2 Å². The highest BCUT2D eigenvalue weighted by molar-refractivity contribution is 7.99. The van der Waals surface area contributed by atoms with Crippen LogP contribution < -0.4 is 5.32 Å². The molecule has 1 aromatic rings. The fourth-order valence-electron chi connectivity index (χ4n) is 2.25. The summed E-state index contributed by atoms with van der Waals surface area (Å²) in [5, 5.41) is 13.5. The molecule has 2 rings (SSSR count). The number of aliphatic hydroxyl groups excluding tert-OH is 1. The zero-order chi connectivity index (χ0) is 14.5. The molecule has 0 aliphatic carbocycles. The van der Waals surface area contributed by atoms with Gasteiger partial charge in [-0.2, -0.15) is 0 Å². The molecule has 118 valence electrons. The topological polar surface area (TPSA) is 52.6 Å². The van der Waals surface area contributed by atoms with Gasteiger partial charge in [0.25, 0.3) is 0 Å². The molecule has 0 bridgehead atoms. The SMILES string of the molecule is CCN(CC(O)c1ccc(C)cc1)C(=O)[C@H]1CSCN1.Cl. The monoisotopic (exact) mass is 330 g/mol. The van der Waals surface area contributed by atoms with E-state index in [1.807, 2.05) is 38.1 Å². The molecule has 1 aliphatic heterocycles. The third kappa shape index (κ3) is 4.88. The van der Waals surface area contributed by atoms with E-state index >= 15 is 0 Å². The van der Waals surface area contributed by atoms with Crippen LogP contribution in [0.1, 0.15) is 24.2 Å². The number of hydrogen-bond donors (Lipinski definition) is 2. The number of carbonyl (C=O) groups is 1. The molecule has 2 N–H and O–H groups in total. The van der Waals surface area contributed by atoms with E-state index in [0.717, 1.165) is 22.8 Å². The average Bonchev–Trinajstić information content (AvgIpc) is 2.98. The number of nitrogens with zero attached hydrogens (tertiary/aromatic N) is 1. The van der Waals surface area contributed by atoms with Crippen LogP contribution >= 0.6 is 24.2 Å². The number of carbonyl (C=O) groups excluding carboxylic acids is 1. The molecule has 1 unspecified atom stereocenters. The van der Waals surface area contributed by atoms with Gasteiger partial charge in [0.15, 0.2) is 0 Å². The Hall–Kier alpha value is -0.750. The molecule has 2 atom stereocenters. The summed E-state index contributed by atoms with van der Waals surface area (Å²) in [5.74, 6) is 1.73. The lowest BCUT2D eigenvalue weighted by molar-refractivity contribution is -0.133. The quantitative estimate of drug-likeness (QED) is 0.866. The van der Waals surface area contributed by atoms with Gasteiger partial charge in [0.1, 0.15) is 0 Å². The second-order valence-corrected chi connectivity index (χ2v) is 6.11. The summed E-state index contributed by atoms with van der Waals surface area (Å²) in [5.41, 5.74) is 2.02. The standard InChI is InChI=1S/C15H22N2O2S.ClH/c1-3-17(15(19)13-9-20-10-16-13)8-14(18)12-6-4-11(2)5-7-12;/h4-7,13-14,16,18H,3,8-10H2,1-2H3;1H/t13-,14?;/m1./s1. The summed E-state index contributed by atoms with van der Waals surface area (Å²) in [4.78, 5) is 14.1. The van der Waals surface area contributed by atoms with E-state index in [0.29, 0.717) is 13.1 Å². The molecule has 1 amide bonds. The van der Waals surface area contributed by atoms with Crippen molar-refractivity contribution in [3.05, 3.63) is 35.4 Å². The lowest BCUT2D eigenvalue weighted by atomic mass is 10.1. The highest BCUT2D eigenvalue weighted by Gasteiger charge is 2.27. The van der Waals surface area contributed by atoms with Crippen LogP contribution in [-0.4, -0.2) is 46.7 Å². The highest BCUT2D eigenvalue weighted by Crippen LogP contribution is 2.17. The van der Waals surface area contributed by atoms with Crippen LogP contribution in [-0.2, 0) is 4.79 Å². The Kier molecular flexibility index (Phi) is 7.52. The van der Waals surface area contributed by atoms with Gasteiger partial charge >= 0.3 is 0 Å². The first-order chi connectivity index (χ1) is 9.61. The van der Waals surface area contributed by atoms with Gasteiger partial charge in [0.05, 0.1) is 18.7 Å². The van der Waals surface area contributed by atoms with Gasteiger partial charge in [0, 0.05) is 18.2 Å². The van der Waals surface area contributed by atoms with Crippen molar-refractivity contribution in [3.8, 4) is 0 Å². The number of amides is 1. The molecule has 0 aromatic heterocycles. The zero-order valence-electron chi connectivity index (χ0n) is 12.4. The lowest BCUT2D eigenvalue weighted by Gasteiger charge is -2.26. The van der Waals surface area contributed by atoms with Gasteiger partial charge in [-0.3, -0.25) is 10.1 Å². The van der Waals surface area contributed by atoms with Gasteiger partial charge in [-0.1, -0.05) is 29.8 Å². The van der Waals surface area contributed by atoms with Gasteiger partial charge in [-0.15, -0.1) is 24.2 Å². The Morgan fingerprint density at radius 3 is 2.67 bits per heavy atom. The van der Waals surface area contributed by atoms with Gasteiger partial charge in [-0.05, 0) is 19.4 Å². The first-order valence-electron chi connectivity index (χ1n) is 6.96. The average molecular weight is 331 g/mol. The predicted octanol–water partition coefficient (Wildman–Crippen LogP) is 1.96. The number of rotatable bonds is 5. The maximum Gasteiger partial charge on any atom is 0.240 e. The van der Waals surface area contributed by atoms with Crippen molar-refractivity contribution in [2.45, 2.75) is 26.0 Å². The van der Waals surface area contributed by atoms with Crippen molar-refractivity contribution in [2.24, 2.45) is 0 Å². The van der Waals surface area contributed by atoms with Crippen LogP contribution in [0.4, 0.5) is 0 Å². The van der Waals surface area contributed by atoms with E-state index in [-0.39, 0.29) is 24.4 Å². The number of likely N-dealkylation sites (N-methyl/N-ethyl adjacent to an activating group) is 1. The van der Waals surface area contributed by atoms with Crippen LogP contribution in [0.2, 0.25) is 0 Å². The van der Waals surface area contributed by atoms with Crippen molar-refractivity contribution in [3.63, 3.8) is 0 Å². The highest BCUT2D eigenvalue weighted by atomic mass is 35.5. The normalized spacial score (nSPS) is 18.9. The van der Waals surface area contributed by atoms with Gasteiger partial charge < -0.3 is 10.0 Å². The third-order valence-corrected chi connectivity index (χ3v) is 4.50. The molecule has 1 aliphatic rings. The Labute approximate surface area is 136 Å². The van der Waals surface area contributed by atoms with Gasteiger partial charge in [0.2, 0.25) is 5.91 Å². The molecule has 1 aromatic carbocycles. The molecule has 0 radical (unpaired) electrons. The number of nitrogens with one attached hydrogen (secondary N) is 1. The number of hydrogen-bond acceptors (Lipinski definition) is 4. The van der Waals surface area contributed by atoms with E-state index in [2.05, 4.69) is 5.32 Å². The summed E-state index contributed by atoms with van der Waals surface area (Å²) >= 11 is 1.73. The van der Waals surface area contributed by atoms with E-state index in [1.54, 1.807) is 16.7 Å². The molecular weight excluding hydrogens is 308 g/mol. The molecule has 6 heteroatoms. The van der Waals surface area contributed by atoms with Crippen molar-refractivity contribution in [1.29, 1.82) is 0 Å². The summed E-state index contributed by atoms with van der Waals surface area (Å²) in [6, 6.07) is 7.69. The molecular formula is C15H23ClN2O2S. The summed E-state index contributed by atoms with van der Waals surface area (Å²) < 4.78 is 0. The molecule has 1 saturated heterocycles. The van der Waals surface area contributed by atoms with Crippen molar-refractivity contribution in [2.75, 3.05) is 24.7 Å². The Balaban J connectivity index is 0.00000220. The minimum absolute atomic E-state index is 0. The first-order valence-corrected chi connectivity index (χ1v) is 8.11. The summed E-state index contributed by atoms with van der Waals surface area (Å²) in [6.07, 6.45) is -0.631. The Morgan fingerprint density at radius 1 is 1.48 bits per heavy atom. The molecule has 1 fully saturated rings. The summed E-state index contributed by atoms with van der Waals surface area (Å²) in [6.45, 7) is 4.93. The van der Waals surface area contributed by atoms with Crippen molar-refractivity contribution < 1.29 is 9.90 Å². The zero-order valence-corrected chi connectivity index (χ0v) is 14.0. The van der Waals surface area contributed by atoms with Crippen LogP contribution in [0.15, 0.2) is 24.3 Å². The Morgan fingerprint density at radius 2 is 2.14 bits per heavy atom. The predicted molar refractivity (Wildman–Crippen MR) is 89.9 cm³/mol. The maximum atomic E-state index is 12.3. The fourth-order valence-corrected chi connectivity index (χ4v) is 3.18. The smallest absolute Gasteiger partial charge is 0.240 e. The molecule has 1 heterocycles. The second-order valence-electron chi connectivity index (χ2n) is 5.08. The van der Waals surface area contributed by atoms with Crippen molar-refractivity contribution >= 4 is 30.1 Å². The molecule has 21 heavy (non-hydrogen) atoms. The molecule has 4 nitrogen and oxygen atoms in total. The molecule has 0 spiro atoms. The minimum Gasteiger partial charge on any atom is -0.387 e. The van der Waals surface area contributed by atoms with Crippen LogP contribution in [0.3, 0.4) is 0 Å². The van der Waals surface area contributed by atoms with E-state index in [9.17, 15) is 9.90 Å². The second kappa shape index (κ2) is 8.63. The van der Waals surface area contributed by atoms with E-state index < -0.39 is 6.10 Å². The minimum atomic E-state index is -0.631. The van der Waals surface area contributed by atoms with Crippen LogP contribution in [0.5, 0.6) is 0 Å². The first kappa shape index (κ1) is 18.3. The number of halogens is 1. The van der Waals surface area contributed by atoms with E-state index in [1.165, 1.54) is 0 Å². The molecule has 0 saturated carbocycles.